The molecule has 0 spiro atoms. The van der Waals surface area contributed by atoms with Crippen molar-refractivity contribution in [3.05, 3.63) is 8.02 Å². The van der Waals surface area contributed by atoms with Crippen LogP contribution in [0, 0.1) is 3.01 Å². The highest BCUT2D eigenvalue weighted by Gasteiger charge is 2.27. The van der Waals surface area contributed by atoms with Crippen molar-refractivity contribution >= 4 is 33.9 Å². The fourth-order valence-corrected chi connectivity index (χ4v) is 2.02. The Balaban J connectivity index is 2.44. The zero-order chi connectivity index (χ0) is 9.19. The summed E-state index contributed by atoms with van der Waals surface area (Å²) < 4.78 is 35.8. The van der Waals surface area contributed by atoms with Gasteiger partial charge in [0.25, 0.3) is 0 Å². The maximum Gasteiger partial charge on any atom is 0.389 e. The maximum atomic E-state index is 11.7. The molecule has 1 rings (SSSR count). The monoisotopic (exact) mass is 308 g/mol. The minimum atomic E-state index is -4.10. The van der Waals surface area contributed by atoms with E-state index in [2.05, 4.69) is 10.2 Å². The molecular weight excluding hydrogens is 304 g/mol. The highest BCUT2D eigenvalue weighted by atomic mass is 127. The van der Waals surface area contributed by atoms with E-state index >= 15 is 0 Å². The lowest BCUT2D eigenvalue weighted by Gasteiger charge is -2.02. The second kappa shape index (κ2) is 3.86. The largest absolute Gasteiger partial charge is 0.389 e. The quantitative estimate of drug-likeness (QED) is 0.785. The third kappa shape index (κ3) is 3.65. The molecule has 1 aromatic rings. The minimum Gasteiger partial charge on any atom is -0.171 e. The molecule has 0 unspecified atom stereocenters. The summed E-state index contributed by atoms with van der Waals surface area (Å²) in [6.07, 6.45) is -4.99. The van der Waals surface area contributed by atoms with Crippen LogP contribution in [0.25, 0.3) is 0 Å². The zero-order valence-electron chi connectivity index (χ0n) is 5.73. The van der Waals surface area contributed by atoms with Crippen molar-refractivity contribution in [2.24, 2.45) is 0 Å². The van der Waals surface area contributed by atoms with Crippen molar-refractivity contribution in [3.8, 4) is 0 Å². The Morgan fingerprint density at radius 1 is 1.33 bits per heavy atom. The Hall–Kier alpha value is 0.0800. The molecule has 12 heavy (non-hydrogen) atoms. The summed E-state index contributed by atoms with van der Waals surface area (Å²) in [7, 11) is 0. The van der Waals surface area contributed by atoms with Gasteiger partial charge < -0.3 is 0 Å². The van der Waals surface area contributed by atoms with Gasteiger partial charge in [-0.05, 0) is 22.6 Å². The molecule has 0 aliphatic rings. The second-order valence-corrected chi connectivity index (χ2v) is 4.88. The van der Waals surface area contributed by atoms with E-state index in [0.717, 1.165) is 0 Å². The van der Waals surface area contributed by atoms with Gasteiger partial charge in [0, 0.05) is 12.8 Å². The van der Waals surface area contributed by atoms with Crippen LogP contribution in [-0.4, -0.2) is 16.4 Å². The molecule has 0 bridgehead atoms. The highest BCUT2D eigenvalue weighted by Crippen LogP contribution is 2.23. The van der Waals surface area contributed by atoms with E-state index in [1.54, 1.807) is 0 Å². The fourth-order valence-electron chi connectivity index (χ4n) is 0.583. The molecule has 0 aliphatic heterocycles. The summed E-state index contributed by atoms with van der Waals surface area (Å²) in [5.74, 6) is 0. The summed E-state index contributed by atoms with van der Waals surface area (Å²) in [5, 5.41) is 7.63. The SMILES string of the molecule is FC(F)(F)CCc1nnc(I)s1. The number of hydrogen-bond acceptors (Lipinski definition) is 3. The number of aryl methyl sites for hydroxylation is 1. The lowest BCUT2D eigenvalue weighted by molar-refractivity contribution is -0.134. The van der Waals surface area contributed by atoms with Crippen LogP contribution in [0.2, 0.25) is 0 Å². The van der Waals surface area contributed by atoms with Crippen LogP contribution in [0.1, 0.15) is 11.4 Å². The predicted octanol–water partition coefficient (Wildman–Crippen LogP) is 2.64. The van der Waals surface area contributed by atoms with Crippen molar-refractivity contribution in [2.75, 3.05) is 0 Å². The molecule has 0 saturated heterocycles. The first-order valence-electron chi connectivity index (χ1n) is 3.02. The average molecular weight is 308 g/mol. The Bertz CT molecular complexity index is 259. The number of rotatable bonds is 2. The number of alkyl halides is 3. The Labute approximate surface area is 84.3 Å². The lowest BCUT2D eigenvalue weighted by Crippen LogP contribution is -2.08. The van der Waals surface area contributed by atoms with E-state index in [0.29, 0.717) is 8.02 Å². The van der Waals surface area contributed by atoms with E-state index in [-0.39, 0.29) is 6.42 Å². The first kappa shape index (κ1) is 10.2. The van der Waals surface area contributed by atoms with Gasteiger partial charge >= 0.3 is 6.18 Å². The summed E-state index contributed by atoms with van der Waals surface area (Å²) in [5.41, 5.74) is 0. The Kier molecular flexibility index (Phi) is 3.27. The van der Waals surface area contributed by atoms with Crippen LogP contribution >= 0.6 is 33.9 Å². The zero-order valence-corrected chi connectivity index (χ0v) is 8.70. The predicted molar refractivity (Wildman–Crippen MR) is 47.0 cm³/mol. The maximum absolute atomic E-state index is 11.7. The van der Waals surface area contributed by atoms with Gasteiger partial charge in [-0.3, -0.25) is 0 Å². The average Bonchev–Trinajstić information content (AvgIpc) is 2.30. The third-order valence-electron chi connectivity index (χ3n) is 1.06. The van der Waals surface area contributed by atoms with Gasteiger partial charge in [-0.25, -0.2) is 0 Å². The molecule has 1 aromatic heterocycles. The van der Waals surface area contributed by atoms with Crippen molar-refractivity contribution in [1.82, 2.24) is 10.2 Å². The standard InChI is InChI=1S/C5H4F3IN2S/c6-5(7,8)2-1-3-10-11-4(9)12-3/h1-2H2. The molecule has 0 radical (unpaired) electrons. The molecule has 0 atom stereocenters. The molecule has 2 nitrogen and oxygen atoms in total. The van der Waals surface area contributed by atoms with Crippen LogP contribution in [0.3, 0.4) is 0 Å². The van der Waals surface area contributed by atoms with E-state index in [1.807, 2.05) is 22.6 Å². The summed E-state index contributed by atoms with van der Waals surface area (Å²) in [6, 6.07) is 0. The van der Waals surface area contributed by atoms with Crippen LogP contribution in [0.15, 0.2) is 0 Å². The molecule has 0 saturated carbocycles. The number of hydrogen-bond donors (Lipinski definition) is 0. The normalized spacial score (nSPS) is 12.0. The minimum absolute atomic E-state index is 0.0653. The molecule has 7 heteroatoms. The topological polar surface area (TPSA) is 25.8 Å². The van der Waals surface area contributed by atoms with Crippen LogP contribution in [-0.2, 0) is 6.42 Å². The van der Waals surface area contributed by atoms with Gasteiger partial charge in [0.05, 0.1) is 0 Å². The molecule has 0 amide bonds. The number of aromatic nitrogens is 2. The molecule has 1 heterocycles. The summed E-state index contributed by atoms with van der Waals surface area (Å²) in [6.45, 7) is 0. The van der Waals surface area contributed by atoms with Gasteiger partial charge in [-0.1, -0.05) is 11.3 Å². The van der Waals surface area contributed by atoms with Crippen molar-refractivity contribution < 1.29 is 13.2 Å². The van der Waals surface area contributed by atoms with Crippen LogP contribution < -0.4 is 0 Å². The van der Waals surface area contributed by atoms with E-state index < -0.39 is 12.6 Å². The lowest BCUT2D eigenvalue weighted by atomic mass is 10.3. The second-order valence-electron chi connectivity index (χ2n) is 2.06. The van der Waals surface area contributed by atoms with Crippen molar-refractivity contribution in [3.63, 3.8) is 0 Å². The molecule has 0 aliphatic carbocycles. The molecule has 0 aromatic carbocycles. The smallest absolute Gasteiger partial charge is 0.171 e. The number of halogens is 4. The van der Waals surface area contributed by atoms with Crippen LogP contribution in [0.4, 0.5) is 13.2 Å². The van der Waals surface area contributed by atoms with Gasteiger partial charge in [0.1, 0.15) is 5.01 Å². The van der Waals surface area contributed by atoms with Gasteiger partial charge in [0.2, 0.25) is 0 Å². The van der Waals surface area contributed by atoms with E-state index in [1.165, 1.54) is 11.3 Å². The first-order valence-corrected chi connectivity index (χ1v) is 4.91. The number of nitrogens with zero attached hydrogens (tertiary/aromatic N) is 2. The van der Waals surface area contributed by atoms with Gasteiger partial charge in [-0.2, -0.15) is 13.2 Å². The van der Waals surface area contributed by atoms with Gasteiger partial charge in [0.15, 0.2) is 3.01 Å². The van der Waals surface area contributed by atoms with Gasteiger partial charge in [-0.15, -0.1) is 10.2 Å². The Morgan fingerprint density at radius 3 is 2.42 bits per heavy atom. The summed E-state index contributed by atoms with van der Waals surface area (Å²) in [4.78, 5) is 0. The third-order valence-corrected chi connectivity index (χ3v) is 2.71. The van der Waals surface area contributed by atoms with Crippen molar-refractivity contribution in [2.45, 2.75) is 19.0 Å². The molecular formula is C5H4F3IN2S. The molecule has 0 N–H and O–H groups in total. The molecule has 68 valence electrons. The Morgan fingerprint density at radius 2 is 2.00 bits per heavy atom. The summed E-state index contributed by atoms with van der Waals surface area (Å²) >= 11 is 3.12. The van der Waals surface area contributed by atoms with E-state index in [4.69, 9.17) is 0 Å². The molecule has 0 fully saturated rings. The van der Waals surface area contributed by atoms with Crippen LogP contribution in [0.5, 0.6) is 0 Å². The highest BCUT2D eigenvalue weighted by molar-refractivity contribution is 14.1. The van der Waals surface area contributed by atoms with Crippen molar-refractivity contribution in [1.29, 1.82) is 0 Å². The fraction of sp³-hybridized carbons (Fsp3) is 0.600. The first-order chi connectivity index (χ1) is 5.47. The van der Waals surface area contributed by atoms with E-state index in [9.17, 15) is 13.2 Å².